The van der Waals surface area contributed by atoms with E-state index in [4.69, 9.17) is 9.72 Å². The van der Waals surface area contributed by atoms with Crippen LogP contribution in [-0.4, -0.2) is 38.8 Å². The van der Waals surface area contributed by atoms with Crippen molar-refractivity contribution in [3.63, 3.8) is 0 Å². The molecule has 1 heterocycles. The Morgan fingerprint density at radius 1 is 1.61 bits per heavy atom. The molecule has 0 saturated carbocycles. The fourth-order valence-electron chi connectivity index (χ4n) is 2.38. The maximum absolute atomic E-state index is 5.21. The van der Waals surface area contributed by atoms with Crippen molar-refractivity contribution in [3.8, 4) is 0 Å². The number of thiazole rings is 1. The van der Waals surface area contributed by atoms with Crippen molar-refractivity contribution in [2.24, 2.45) is 0 Å². The number of methoxy groups -OCH3 is 1. The van der Waals surface area contributed by atoms with Gasteiger partial charge in [0.15, 0.2) is 5.13 Å². The fourth-order valence-corrected chi connectivity index (χ4v) is 3.61. The number of rotatable bonds is 5. The first-order chi connectivity index (χ1) is 8.67. The summed E-state index contributed by atoms with van der Waals surface area (Å²) in [7, 11) is 5.87. The summed E-state index contributed by atoms with van der Waals surface area (Å²) in [5.74, 6) is 0. The summed E-state index contributed by atoms with van der Waals surface area (Å²) in [6.45, 7) is 2.90. The van der Waals surface area contributed by atoms with Gasteiger partial charge in [0.05, 0.1) is 24.4 Å². The number of aromatic nitrogens is 1. The zero-order valence-corrected chi connectivity index (χ0v) is 12.5. The van der Waals surface area contributed by atoms with Crippen LogP contribution in [0.3, 0.4) is 0 Å². The van der Waals surface area contributed by atoms with Crippen molar-refractivity contribution in [2.75, 3.05) is 32.7 Å². The molecule has 0 radical (unpaired) electrons. The number of nitrogens with one attached hydrogen (secondary N) is 1. The lowest BCUT2D eigenvalue weighted by Crippen LogP contribution is -2.32. The predicted molar refractivity (Wildman–Crippen MR) is 76.6 cm³/mol. The van der Waals surface area contributed by atoms with Crippen molar-refractivity contribution >= 4 is 16.5 Å². The maximum Gasteiger partial charge on any atom is 0.185 e. The fraction of sp³-hybridized carbons (Fsp3) is 0.769. The van der Waals surface area contributed by atoms with Gasteiger partial charge >= 0.3 is 0 Å². The molecule has 2 unspecified atom stereocenters. The third-order valence-electron chi connectivity index (χ3n) is 3.66. The van der Waals surface area contributed by atoms with Gasteiger partial charge < -0.3 is 15.0 Å². The largest absolute Gasteiger partial charge is 0.383 e. The molecule has 1 N–H and O–H groups in total. The molecule has 1 aromatic rings. The lowest BCUT2D eigenvalue weighted by Gasteiger charge is -2.23. The van der Waals surface area contributed by atoms with E-state index in [0.717, 1.165) is 11.7 Å². The van der Waals surface area contributed by atoms with E-state index in [1.807, 2.05) is 18.4 Å². The lowest BCUT2D eigenvalue weighted by molar-refractivity contribution is 0.183. The molecule has 0 bridgehead atoms. The number of likely N-dealkylation sites (N-methyl/N-ethyl adjacent to an activating group) is 1. The van der Waals surface area contributed by atoms with Crippen LogP contribution >= 0.6 is 11.3 Å². The molecule has 18 heavy (non-hydrogen) atoms. The molecule has 0 fully saturated rings. The van der Waals surface area contributed by atoms with E-state index < -0.39 is 0 Å². The minimum Gasteiger partial charge on any atom is -0.383 e. The second-order valence-electron chi connectivity index (χ2n) is 4.95. The summed E-state index contributed by atoms with van der Waals surface area (Å²) in [6, 6.07) is 0.792. The van der Waals surface area contributed by atoms with Crippen LogP contribution in [0.15, 0.2) is 0 Å². The Kier molecular flexibility index (Phi) is 4.59. The molecule has 1 aliphatic carbocycles. The molecule has 2 atom stereocenters. The molecule has 0 amide bonds. The molecule has 0 aliphatic heterocycles. The summed E-state index contributed by atoms with van der Waals surface area (Å²) in [6.07, 6.45) is 3.64. The van der Waals surface area contributed by atoms with E-state index >= 15 is 0 Å². The molecule has 0 aromatic carbocycles. The van der Waals surface area contributed by atoms with Crippen LogP contribution in [0.2, 0.25) is 0 Å². The van der Waals surface area contributed by atoms with Gasteiger partial charge in [-0.15, -0.1) is 11.3 Å². The summed E-state index contributed by atoms with van der Waals surface area (Å²) in [5, 5.41) is 4.49. The van der Waals surface area contributed by atoms with Gasteiger partial charge in [-0.05, 0) is 33.2 Å². The first kappa shape index (κ1) is 13.8. The zero-order valence-electron chi connectivity index (χ0n) is 11.7. The minimum atomic E-state index is 0.357. The van der Waals surface area contributed by atoms with Crippen LogP contribution in [0.25, 0.3) is 0 Å². The highest BCUT2D eigenvalue weighted by atomic mass is 32.1. The molecule has 0 saturated heterocycles. The van der Waals surface area contributed by atoms with Gasteiger partial charge in [-0.2, -0.15) is 0 Å². The summed E-state index contributed by atoms with van der Waals surface area (Å²) in [4.78, 5) is 8.51. The molecular formula is C13H23N3OS. The van der Waals surface area contributed by atoms with Gasteiger partial charge in [0.2, 0.25) is 0 Å². The summed E-state index contributed by atoms with van der Waals surface area (Å²) >= 11 is 1.84. The molecule has 102 valence electrons. The predicted octanol–water partition coefficient (Wildman–Crippen LogP) is 2.21. The summed E-state index contributed by atoms with van der Waals surface area (Å²) < 4.78 is 5.21. The Labute approximate surface area is 113 Å². The van der Waals surface area contributed by atoms with Crippen LogP contribution in [0.1, 0.15) is 36.4 Å². The standard InChI is InChI=1S/C13H23N3OS/c1-9(8-17-4)16(3)13-15-12-10(14-2)6-5-7-11(12)18-13/h9-10,14H,5-8H2,1-4H3. The average molecular weight is 269 g/mol. The van der Waals surface area contributed by atoms with Gasteiger partial charge in [0, 0.05) is 19.0 Å². The van der Waals surface area contributed by atoms with Gasteiger partial charge in [0.1, 0.15) is 0 Å². The van der Waals surface area contributed by atoms with E-state index in [0.29, 0.717) is 12.1 Å². The molecule has 4 nitrogen and oxygen atoms in total. The van der Waals surface area contributed by atoms with Crippen molar-refractivity contribution in [3.05, 3.63) is 10.6 Å². The Bertz CT molecular complexity index is 394. The van der Waals surface area contributed by atoms with Crippen LogP contribution in [-0.2, 0) is 11.2 Å². The maximum atomic E-state index is 5.21. The highest BCUT2D eigenvalue weighted by Gasteiger charge is 2.25. The van der Waals surface area contributed by atoms with Crippen LogP contribution in [0.4, 0.5) is 5.13 Å². The normalized spacial score (nSPS) is 20.6. The molecule has 1 aliphatic rings. The third-order valence-corrected chi connectivity index (χ3v) is 4.88. The molecule has 5 heteroatoms. The molecule has 1 aromatic heterocycles. The topological polar surface area (TPSA) is 37.4 Å². The highest BCUT2D eigenvalue weighted by molar-refractivity contribution is 7.15. The van der Waals surface area contributed by atoms with Crippen LogP contribution in [0, 0.1) is 0 Å². The van der Waals surface area contributed by atoms with Gasteiger partial charge in [-0.3, -0.25) is 0 Å². The monoisotopic (exact) mass is 269 g/mol. The molecule has 2 rings (SSSR count). The zero-order chi connectivity index (χ0) is 13.1. The Balaban J connectivity index is 2.18. The van der Waals surface area contributed by atoms with Gasteiger partial charge in [0.25, 0.3) is 0 Å². The Morgan fingerprint density at radius 2 is 2.39 bits per heavy atom. The number of hydrogen-bond acceptors (Lipinski definition) is 5. The molecular weight excluding hydrogens is 246 g/mol. The number of hydrogen-bond donors (Lipinski definition) is 1. The number of aryl methyl sites for hydroxylation is 1. The van der Waals surface area contributed by atoms with Crippen molar-refractivity contribution in [1.29, 1.82) is 0 Å². The van der Waals surface area contributed by atoms with E-state index in [2.05, 4.69) is 24.2 Å². The first-order valence-electron chi connectivity index (χ1n) is 6.56. The number of nitrogens with zero attached hydrogens (tertiary/aromatic N) is 2. The number of ether oxygens (including phenoxy) is 1. The first-order valence-corrected chi connectivity index (χ1v) is 7.37. The lowest BCUT2D eigenvalue weighted by atomic mass is 9.98. The minimum absolute atomic E-state index is 0.357. The SMILES string of the molecule is CNC1CCCc2sc(N(C)C(C)COC)nc21. The Hall–Kier alpha value is -0.650. The second-order valence-corrected chi connectivity index (χ2v) is 6.02. The van der Waals surface area contributed by atoms with E-state index in [-0.39, 0.29) is 0 Å². The average Bonchev–Trinajstić information content (AvgIpc) is 2.81. The van der Waals surface area contributed by atoms with Crippen molar-refractivity contribution in [1.82, 2.24) is 10.3 Å². The quantitative estimate of drug-likeness (QED) is 0.889. The molecule has 0 spiro atoms. The van der Waals surface area contributed by atoms with E-state index in [9.17, 15) is 0 Å². The van der Waals surface area contributed by atoms with Gasteiger partial charge in [-0.25, -0.2) is 4.98 Å². The van der Waals surface area contributed by atoms with E-state index in [1.165, 1.54) is 29.8 Å². The summed E-state index contributed by atoms with van der Waals surface area (Å²) in [5.41, 5.74) is 1.26. The van der Waals surface area contributed by atoms with Crippen LogP contribution < -0.4 is 10.2 Å². The van der Waals surface area contributed by atoms with Crippen molar-refractivity contribution in [2.45, 2.75) is 38.3 Å². The van der Waals surface area contributed by atoms with Gasteiger partial charge in [-0.1, -0.05) is 0 Å². The third kappa shape index (κ3) is 2.68. The smallest absolute Gasteiger partial charge is 0.185 e. The highest BCUT2D eigenvalue weighted by Crippen LogP contribution is 2.36. The Morgan fingerprint density at radius 3 is 3.06 bits per heavy atom. The second kappa shape index (κ2) is 5.99. The van der Waals surface area contributed by atoms with E-state index in [1.54, 1.807) is 7.11 Å². The van der Waals surface area contributed by atoms with Crippen molar-refractivity contribution < 1.29 is 4.74 Å². The van der Waals surface area contributed by atoms with Crippen LogP contribution in [0.5, 0.6) is 0 Å². The number of fused-ring (bicyclic) bond motifs is 1. The number of anilines is 1.